The van der Waals surface area contributed by atoms with Gasteiger partial charge in [-0.05, 0) is 23.6 Å². The van der Waals surface area contributed by atoms with Crippen LogP contribution in [0, 0.1) is 11.8 Å². The quantitative estimate of drug-likeness (QED) is 0.458. The summed E-state index contributed by atoms with van der Waals surface area (Å²) >= 11 is 2.56. The lowest BCUT2D eigenvalue weighted by Gasteiger charge is -2.22. The molecule has 33 heavy (non-hydrogen) atoms. The molecule has 178 valence electrons. The van der Waals surface area contributed by atoms with Crippen LogP contribution in [0.15, 0.2) is 54.6 Å². The van der Waals surface area contributed by atoms with Gasteiger partial charge >= 0.3 is 5.97 Å². The van der Waals surface area contributed by atoms with E-state index in [9.17, 15) is 19.5 Å². The molecule has 0 saturated carbocycles. The SMILES string of the molecule is CC(C)C(CSC(=O)c1ccccc1)C(=O)NC(CSCc1ccc(N(C)C)cc1)C(=O)O. The van der Waals surface area contributed by atoms with Crippen molar-refractivity contribution in [2.45, 2.75) is 25.6 Å². The highest BCUT2D eigenvalue weighted by atomic mass is 32.2. The van der Waals surface area contributed by atoms with Crippen LogP contribution in [0.1, 0.15) is 29.8 Å². The summed E-state index contributed by atoms with van der Waals surface area (Å²) in [5, 5.41) is 12.2. The highest BCUT2D eigenvalue weighted by Gasteiger charge is 2.28. The van der Waals surface area contributed by atoms with E-state index in [0.717, 1.165) is 23.0 Å². The average Bonchev–Trinajstić information content (AvgIpc) is 2.79. The molecule has 0 aliphatic rings. The Labute approximate surface area is 204 Å². The fourth-order valence-corrected chi connectivity index (χ4v) is 5.21. The molecular formula is C25H32N2O4S2. The minimum atomic E-state index is -1.06. The molecule has 0 aliphatic heterocycles. The number of rotatable bonds is 12. The number of nitrogens with zero attached hydrogens (tertiary/aromatic N) is 1. The molecule has 1 amide bonds. The molecule has 2 aromatic carbocycles. The highest BCUT2D eigenvalue weighted by molar-refractivity contribution is 8.14. The smallest absolute Gasteiger partial charge is 0.327 e. The van der Waals surface area contributed by atoms with E-state index in [4.69, 9.17) is 0 Å². The summed E-state index contributed by atoms with van der Waals surface area (Å²) in [4.78, 5) is 39.0. The van der Waals surface area contributed by atoms with Gasteiger partial charge in [0.1, 0.15) is 6.04 Å². The third kappa shape index (κ3) is 8.78. The third-order valence-electron chi connectivity index (χ3n) is 5.17. The van der Waals surface area contributed by atoms with Crippen molar-refractivity contribution in [3.63, 3.8) is 0 Å². The molecule has 2 rings (SSSR count). The van der Waals surface area contributed by atoms with E-state index < -0.39 is 17.9 Å². The number of aliphatic carboxylic acids is 1. The number of nitrogens with one attached hydrogen (secondary N) is 1. The Morgan fingerprint density at radius 3 is 2.15 bits per heavy atom. The molecule has 0 fully saturated rings. The van der Waals surface area contributed by atoms with Gasteiger partial charge in [-0.2, -0.15) is 11.8 Å². The summed E-state index contributed by atoms with van der Waals surface area (Å²) in [5.74, 6) is -0.670. The molecule has 2 unspecified atom stereocenters. The Morgan fingerprint density at radius 1 is 0.970 bits per heavy atom. The molecule has 0 heterocycles. The first-order chi connectivity index (χ1) is 15.7. The second kappa shape index (κ2) is 13.3. The van der Waals surface area contributed by atoms with E-state index in [1.54, 1.807) is 24.3 Å². The number of hydrogen-bond acceptors (Lipinski definition) is 6. The first-order valence-electron chi connectivity index (χ1n) is 10.8. The number of carboxylic acids is 1. The molecule has 8 heteroatoms. The standard InChI is InChI=1S/C25H32N2O4S2/c1-17(2)21(15-33-25(31)19-8-6-5-7-9-19)23(28)26-22(24(29)30)16-32-14-18-10-12-20(13-11-18)27(3)4/h5-13,17,21-22H,14-16H2,1-4H3,(H,26,28)(H,29,30). The van der Waals surface area contributed by atoms with Gasteiger partial charge in [-0.25, -0.2) is 4.79 Å². The average molecular weight is 489 g/mol. The summed E-state index contributed by atoms with van der Waals surface area (Å²) in [5.41, 5.74) is 2.78. The third-order valence-corrected chi connectivity index (χ3v) is 7.30. The van der Waals surface area contributed by atoms with Crippen molar-refractivity contribution < 1.29 is 19.5 Å². The van der Waals surface area contributed by atoms with E-state index in [2.05, 4.69) is 5.32 Å². The van der Waals surface area contributed by atoms with Crippen molar-refractivity contribution in [1.82, 2.24) is 5.32 Å². The van der Waals surface area contributed by atoms with E-state index in [0.29, 0.717) is 17.1 Å². The maximum atomic E-state index is 12.9. The molecule has 0 saturated heterocycles. The second-order valence-corrected chi connectivity index (χ2v) is 10.3. The van der Waals surface area contributed by atoms with E-state index in [1.807, 2.05) is 63.2 Å². The molecule has 6 nitrogen and oxygen atoms in total. The van der Waals surface area contributed by atoms with Crippen molar-refractivity contribution in [1.29, 1.82) is 0 Å². The van der Waals surface area contributed by atoms with Crippen molar-refractivity contribution in [2.75, 3.05) is 30.5 Å². The van der Waals surface area contributed by atoms with Gasteiger partial charge in [-0.1, -0.05) is 68.1 Å². The zero-order valence-corrected chi connectivity index (χ0v) is 21.1. The van der Waals surface area contributed by atoms with E-state index in [-0.39, 0.29) is 22.7 Å². The summed E-state index contributed by atoms with van der Waals surface area (Å²) in [6, 6.07) is 16.0. The lowest BCUT2D eigenvalue weighted by atomic mass is 9.97. The van der Waals surface area contributed by atoms with Crippen LogP contribution in [-0.4, -0.2) is 53.7 Å². The summed E-state index contributed by atoms with van der Waals surface area (Å²) in [6.45, 7) is 3.80. The van der Waals surface area contributed by atoms with Crippen LogP contribution in [0.25, 0.3) is 0 Å². The van der Waals surface area contributed by atoms with Crippen LogP contribution in [0.3, 0.4) is 0 Å². The molecular weight excluding hydrogens is 456 g/mol. The maximum absolute atomic E-state index is 12.9. The Balaban J connectivity index is 1.90. The van der Waals surface area contributed by atoms with Crippen molar-refractivity contribution in [2.24, 2.45) is 11.8 Å². The normalized spacial score (nSPS) is 12.8. The number of amides is 1. The number of hydrogen-bond donors (Lipinski definition) is 2. The van der Waals surface area contributed by atoms with Gasteiger partial charge in [-0.15, -0.1) is 0 Å². The highest BCUT2D eigenvalue weighted by Crippen LogP contribution is 2.22. The molecule has 2 aromatic rings. The number of thioether (sulfide) groups is 2. The number of anilines is 1. The minimum absolute atomic E-state index is 0.0293. The lowest BCUT2D eigenvalue weighted by molar-refractivity contribution is -0.141. The summed E-state index contributed by atoms with van der Waals surface area (Å²) in [7, 11) is 3.95. The largest absolute Gasteiger partial charge is 0.480 e. The Kier molecular flexibility index (Phi) is 10.8. The molecule has 2 atom stereocenters. The first kappa shape index (κ1) is 26.8. The van der Waals surface area contributed by atoms with Gasteiger partial charge in [0.15, 0.2) is 0 Å². The summed E-state index contributed by atoms with van der Waals surface area (Å²) < 4.78 is 0. The van der Waals surface area contributed by atoms with Gasteiger partial charge in [0.2, 0.25) is 11.0 Å². The monoisotopic (exact) mass is 488 g/mol. The van der Waals surface area contributed by atoms with Crippen molar-refractivity contribution >= 4 is 46.2 Å². The predicted molar refractivity (Wildman–Crippen MR) is 138 cm³/mol. The number of carbonyl (C=O) groups excluding carboxylic acids is 2. The van der Waals surface area contributed by atoms with E-state index >= 15 is 0 Å². The predicted octanol–water partition coefficient (Wildman–Crippen LogP) is 4.40. The van der Waals surface area contributed by atoms with Crippen molar-refractivity contribution in [3.05, 3.63) is 65.7 Å². The van der Waals surface area contributed by atoms with Crippen LogP contribution in [0.5, 0.6) is 0 Å². The molecule has 0 spiro atoms. The number of benzene rings is 2. The Hall–Kier alpha value is -2.45. The van der Waals surface area contributed by atoms with E-state index in [1.165, 1.54) is 11.8 Å². The molecule has 0 aromatic heterocycles. The maximum Gasteiger partial charge on any atom is 0.327 e. The van der Waals surface area contributed by atoms with Crippen LogP contribution < -0.4 is 10.2 Å². The Morgan fingerprint density at radius 2 is 1.61 bits per heavy atom. The topological polar surface area (TPSA) is 86.7 Å². The second-order valence-electron chi connectivity index (χ2n) is 8.29. The summed E-state index contributed by atoms with van der Waals surface area (Å²) in [6.07, 6.45) is 0. The van der Waals surface area contributed by atoms with Crippen molar-refractivity contribution in [3.8, 4) is 0 Å². The number of carboxylic acid groups (broad SMARTS) is 1. The zero-order chi connectivity index (χ0) is 24.4. The number of carbonyl (C=O) groups is 3. The molecule has 0 bridgehead atoms. The van der Waals surface area contributed by atoms with Gasteiger partial charge in [0.25, 0.3) is 0 Å². The lowest BCUT2D eigenvalue weighted by Crippen LogP contribution is -2.46. The molecule has 0 aliphatic carbocycles. The minimum Gasteiger partial charge on any atom is -0.480 e. The van der Waals surface area contributed by atoms with Gasteiger partial charge < -0.3 is 15.3 Å². The van der Waals surface area contributed by atoms with Crippen LogP contribution >= 0.6 is 23.5 Å². The molecule has 2 N–H and O–H groups in total. The van der Waals surface area contributed by atoms with Gasteiger partial charge in [0, 0.05) is 48.5 Å². The zero-order valence-electron chi connectivity index (χ0n) is 19.5. The fraction of sp³-hybridized carbons (Fsp3) is 0.400. The van der Waals surface area contributed by atoms with Crippen LogP contribution in [-0.2, 0) is 15.3 Å². The van der Waals surface area contributed by atoms with Crippen LogP contribution in [0.4, 0.5) is 5.69 Å². The van der Waals surface area contributed by atoms with Gasteiger partial charge in [0.05, 0.1) is 0 Å². The van der Waals surface area contributed by atoms with Gasteiger partial charge in [-0.3, -0.25) is 9.59 Å². The first-order valence-corrected chi connectivity index (χ1v) is 12.9. The molecule has 0 radical (unpaired) electrons. The fourth-order valence-electron chi connectivity index (χ4n) is 3.03. The van der Waals surface area contributed by atoms with Crippen LogP contribution in [0.2, 0.25) is 0 Å². The Bertz CT molecular complexity index is 918.